The van der Waals surface area contributed by atoms with Crippen molar-refractivity contribution in [3.05, 3.63) is 34.4 Å². The van der Waals surface area contributed by atoms with E-state index in [-0.39, 0.29) is 5.92 Å². The van der Waals surface area contributed by atoms with Crippen molar-refractivity contribution in [3.8, 4) is 6.07 Å². The number of aromatic amines is 1. The van der Waals surface area contributed by atoms with Crippen LogP contribution in [0.5, 0.6) is 0 Å². The summed E-state index contributed by atoms with van der Waals surface area (Å²) in [5.41, 5.74) is 2.05. The number of nitriles is 1. The summed E-state index contributed by atoms with van der Waals surface area (Å²) < 4.78 is 1.06. The minimum atomic E-state index is -0.0822. The predicted octanol–water partition coefficient (Wildman–Crippen LogP) is 3.56. The molecular formula is C11H9BrN2. The summed E-state index contributed by atoms with van der Waals surface area (Å²) in [6.45, 7) is 1.89. The highest BCUT2D eigenvalue weighted by molar-refractivity contribution is 9.10. The number of aromatic nitrogens is 1. The number of hydrogen-bond donors (Lipinski definition) is 1. The molecule has 0 spiro atoms. The van der Waals surface area contributed by atoms with Gasteiger partial charge in [-0.1, -0.05) is 15.9 Å². The van der Waals surface area contributed by atoms with Gasteiger partial charge in [-0.2, -0.15) is 5.26 Å². The van der Waals surface area contributed by atoms with Gasteiger partial charge in [-0.15, -0.1) is 0 Å². The summed E-state index contributed by atoms with van der Waals surface area (Å²) >= 11 is 3.42. The molecular weight excluding hydrogens is 240 g/mol. The van der Waals surface area contributed by atoms with Crippen LogP contribution in [0.1, 0.15) is 18.5 Å². The Bertz CT molecular complexity index is 507. The maximum absolute atomic E-state index is 8.79. The van der Waals surface area contributed by atoms with E-state index in [2.05, 4.69) is 27.0 Å². The summed E-state index contributed by atoms with van der Waals surface area (Å²) in [6, 6.07) is 10.3. The van der Waals surface area contributed by atoms with Gasteiger partial charge < -0.3 is 4.98 Å². The first-order valence-electron chi connectivity index (χ1n) is 4.38. The Morgan fingerprint density at radius 1 is 1.43 bits per heavy atom. The zero-order valence-corrected chi connectivity index (χ0v) is 9.30. The molecule has 70 valence electrons. The number of H-pyrrole nitrogens is 1. The lowest BCUT2D eigenvalue weighted by molar-refractivity contribution is 0.941. The number of benzene rings is 1. The van der Waals surface area contributed by atoms with Crippen LogP contribution < -0.4 is 0 Å². The Morgan fingerprint density at radius 3 is 2.93 bits per heavy atom. The number of rotatable bonds is 1. The Balaban J connectivity index is 2.58. The van der Waals surface area contributed by atoms with Crippen LogP contribution in [-0.4, -0.2) is 4.98 Å². The van der Waals surface area contributed by atoms with Gasteiger partial charge in [-0.25, -0.2) is 0 Å². The van der Waals surface area contributed by atoms with Crippen LogP contribution in [0, 0.1) is 11.3 Å². The average molecular weight is 249 g/mol. The van der Waals surface area contributed by atoms with Gasteiger partial charge in [0.2, 0.25) is 0 Å². The highest BCUT2D eigenvalue weighted by Crippen LogP contribution is 2.23. The van der Waals surface area contributed by atoms with Crippen molar-refractivity contribution in [1.82, 2.24) is 4.98 Å². The van der Waals surface area contributed by atoms with Gasteiger partial charge in [0.05, 0.1) is 12.0 Å². The van der Waals surface area contributed by atoms with E-state index in [1.807, 2.05) is 31.2 Å². The third-order valence-corrected chi connectivity index (χ3v) is 2.76. The van der Waals surface area contributed by atoms with Crippen molar-refractivity contribution >= 4 is 26.8 Å². The SMILES string of the molecule is CC(C#N)c1cc2cc(Br)ccc2[nH]1. The van der Waals surface area contributed by atoms with Crippen LogP contribution >= 0.6 is 15.9 Å². The van der Waals surface area contributed by atoms with E-state index in [0.717, 1.165) is 21.1 Å². The van der Waals surface area contributed by atoms with Gasteiger partial charge in [-0.05, 0) is 31.2 Å². The van der Waals surface area contributed by atoms with Crippen molar-refractivity contribution in [1.29, 1.82) is 5.26 Å². The smallest absolute Gasteiger partial charge is 0.0834 e. The van der Waals surface area contributed by atoms with E-state index in [1.165, 1.54) is 0 Å². The van der Waals surface area contributed by atoms with Gasteiger partial charge in [0, 0.05) is 21.1 Å². The summed E-state index contributed by atoms with van der Waals surface area (Å²) in [5, 5.41) is 9.92. The van der Waals surface area contributed by atoms with Crippen molar-refractivity contribution in [2.24, 2.45) is 0 Å². The lowest BCUT2D eigenvalue weighted by Crippen LogP contribution is -1.87. The molecule has 0 aliphatic carbocycles. The van der Waals surface area contributed by atoms with Crippen molar-refractivity contribution in [2.45, 2.75) is 12.8 Å². The fourth-order valence-corrected chi connectivity index (χ4v) is 1.81. The Morgan fingerprint density at radius 2 is 2.21 bits per heavy atom. The number of hydrogen-bond acceptors (Lipinski definition) is 1. The molecule has 0 saturated carbocycles. The molecule has 0 amide bonds. The number of halogens is 1. The molecule has 1 atom stereocenters. The minimum Gasteiger partial charge on any atom is -0.357 e. The molecule has 0 aliphatic heterocycles. The molecule has 0 aliphatic rings. The summed E-state index contributed by atoms with van der Waals surface area (Å²) in [5.74, 6) is -0.0822. The van der Waals surface area contributed by atoms with Crippen molar-refractivity contribution in [3.63, 3.8) is 0 Å². The Kier molecular flexibility index (Phi) is 2.30. The molecule has 0 bridgehead atoms. The number of nitrogens with zero attached hydrogens (tertiary/aromatic N) is 1. The van der Waals surface area contributed by atoms with Gasteiger partial charge >= 0.3 is 0 Å². The van der Waals surface area contributed by atoms with Crippen LogP contribution in [-0.2, 0) is 0 Å². The largest absolute Gasteiger partial charge is 0.357 e. The minimum absolute atomic E-state index is 0.0822. The van der Waals surface area contributed by atoms with E-state index >= 15 is 0 Å². The highest BCUT2D eigenvalue weighted by Gasteiger charge is 2.07. The first-order chi connectivity index (χ1) is 6.70. The van der Waals surface area contributed by atoms with E-state index < -0.39 is 0 Å². The van der Waals surface area contributed by atoms with Gasteiger partial charge in [0.25, 0.3) is 0 Å². The molecule has 1 N–H and O–H groups in total. The standard InChI is InChI=1S/C11H9BrN2/c1-7(6-13)11-5-8-4-9(12)2-3-10(8)14-11/h2-5,7,14H,1H3. The molecule has 0 fully saturated rings. The van der Waals surface area contributed by atoms with Crippen LogP contribution in [0.15, 0.2) is 28.7 Å². The van der Waals surface area contributed by atoms with Gasteiger partial charge in [-0.3, -0.25) is 0 Å². The van der Waals surface area contributed by atoms with E-state index in [1.54, 1.807) is 0 Å². The topological polar surface area (TPSA) is 39.6 Å². The molecule has 1 heterocycles. The molecule has 2 rings (SSSR count). The van der Waals surface area contributed by atoms with Crippen molar-refractivity contribution in [2.75, 3.05) is 0 Å². The van der Waals surface area contributed by atoms with E-state index in [0.29, 0.717) is 0 Å². The maximum Gasteiger partial charge on any atom is 0.0834 e. The molecule has 1 unspecified atom stereocenters. The fourth-order valence-electron chi connectivity index (χ4n) is 1.43. The van der Waals surface area contributed by atoms with Crippen LogP contribution in [0.2, 0.25) is 0 Å². The second kappa shape index (κ2) is 3.47. The first-order valence-corrected chi connectivity index (χ1v) is 5.18. The lowest BCUT2D eigenvalue weighted by Gasteiger charge is -1.94. The molecule has 1 aromatic carbocycles. The van der Waals surface area contributed by atoms with E-state index in [9.17, 15) is 0 Å². The predicted molar refractivity (Wildman–Crippen MR) is 60.0 cm³/mol. The molecule has 0 saturated heterocycles. The second-order valence-electron chi connectivity index (χ2n) is 3.31. The molecule has 14 heavy (non-hydrogen) atoms. The molecule has 1 aromatic heterocycles. The number of nitrogens with one attached hydrogen (secondary N) is 1. The Hall–Kier alpha value is -1.27. The third-order valence-electron chi connectivity index (χ3n) is 2.26. The summed E-state index contributed by atoms with van der Waals surface area (Å²) in [4.78, 5) is 3.23. The quantitative estimate of drug-likeness (QED) is 0.824. The van der Waals surface area contributed by atoms with Crippen LogP contribution in [0.25, 0.3) is 10.9 Å². The molecule has 3 heteroatoms. The maximum atomic E-state index is 8.79. The zero-order chi connectivity index (χ0) is 10.1. The molecule has 2 aromatic rings. The second-order valence-corrected chi connectivity index (χ2v) is 4.22. The lowest BCUT2D eigenvalue weighted by atomic mass is 10.1. The van der Waals surface area contributed by atoms with Crippen LogP contribution in [0.4, 0.5) is 0 Å². The van der Waals surface area contributed by atoms with E-state index in [4.69, 9.17) is 5.26 Å². The zero-order valence-electron chi connectivity index (χ0n) is 7.71. The monoisotopic (exact) mass is 248 g/mol. The Labute approximate surface area is 90.7 Å². The fraction of sp³-hybridized carbons (Fsp3) is 0.182. The molecule has 2 nitrogen and oxygen atoms in total. The summed E-state index contributed by atoms with van der Waals surface area (Å²) in [7, 11) is 0. The average Bonchev–Trinajstić information content (AvgIpc) is 2.59. The van der Waals surface area contributed by atoms with Crippen molar-refractivity contribution < 1.29 is 0 Å². The third kappa shape index (κ3) is 1.53. The number of fused-ring (bicyclic) bond motifs is 1. The highest BCUT2D eigenvalue weighted by atomic mass is 79.9. The summed E-state index contributed by atoms with van der Waals surface area (Å²) in [6.07, 6.45) is 0. The normalized spacial score (nSPS) is 12.6. The van der Waals surface area contributed by atoms with Gasteiger partial charge in [0.1, 0.15) is 0 Å². The van der Waals surface area contributed by atoms with Gasteiger partial charge in [0.15, 0.2) is 0 Å². The molecule has 0 radical (unpaired) electrons. The first kappa shape index (κ1) is 9.29. The van der Waals surface area contributed by atoms with Crippen LogP contribution in [0.3, 0.4) is 0 Å².